The Morgan fingerprint density at radius 3 is 2.76 bits per heavy atom. The predicted molar refractivity (Wildman–Crippen MR) is 101 cm³/mol. The van der Waals surface area contributed by atoms with Crippen molar-refractivity contribution in [2.75, 3.05) is 23.8 Å². The number of imidazole rings is 1. The van der Waals surface area contributed by atoms with Crippen LogP contribution in [0.1, 0.15) is 20.3 Å². The van der Waals surface area contributed by atoms with Gasteiger partial charge in [-0.2, -0.15) is 0 Å². The molecule has 6 nitrogen and oxygen atoms in total. The van der Waals surface area contributed by atoms with Crippen molar-refractivity contribution in [3.63, 3.8) is 0 Å². The summed E-state index contributed by atoms with van der Waals surface area (Å²) in [5.41, 5.74) is 1.99. The summed E-state index contributed by atoms with van der Waals surface area (Å²) in [6.45, 7) is 5.27. The second-order valence-electron chi connectivity index (χ2n) is 6.15. The van der Waals surface area contributed by atoms with Crippen molar-refractivity contribution < 1.29 is 13.2 Å². The summed E-state index contributed by atoms with van der Waals surface area (Å²) in [7, 11) is -3.00. The van der Waals surface area contributed by atoms with Gasteiger partial charge < -0.3 is 9.47 Å². The second-order valence-corrected chi connectivity index (χ2v) is 9.32. The number of hydrogen-bond donors (Lipinski definition) is 0. The van der Waals surface area contributed by atoms with Crippen LogP contribution in [0.15, 0.2) is 29.4 Å². The topological polar surface area (TPSA) is 72.3 Å². The van der Waals surface area contributed by atoms with Crippen LogP contribution >= 0.6 is 11.8 Å². The Balaban J connectivity index is 1.71. The number of thioether (sulfide) groups is 1. The molecule has 1 unspecified atom stereocenters. The van der Waals surface area contributed by atoms with E-state index in [1.807, 2.05) is 31.2 Å². The third-order valence-electron chi connectivity index (χ3n) is 4.57. The maximum absolute atomic E-state index is 12.6. The van der Waals surface area contributed by atoms with Gasteiger partial charge in [0.05, 0.1) is 28.3 Å². The van der Waals surface area contributed by atoms with Crippen molar-refractivity contribution >= 4 is 38.5 Å². The van der Waals surface area contributed by atoms with Gasteiger partial charge in [0.1, 0.15) is 0 Å². The van der Waals surface area contributed by atoms with E-state index in [-0.39, 0.29) is 29.2 Å². The fraction of sp³-hybridized carbons (Fsp3) is 0.529. The number of rotatable bonds is 6. The van der Waals surface area contributed by atoms with Crippen LogP contribution in [-0.4, -0.2) is 58.6 Å². The fourth-order valence-electron chi connectivity index (χ4n) is 3.34. The monoisotopic (exact) mass is 381 g/mol. The molecule has 8 heteroatoms. The largest absolute Gasteiger partial charge is 0.338 e. The van der Waals surface area contributed by atoms with E-state index in [1.54, 1.807) is 4.90 Å². The molecule has 1 amide bonds. The van der Waals surface area contributed by atoms with Crippen LogP contribution in [0.4, 0.5) is 0 Å². The van der Waals surface area contributed by atoms with E-state index in [0.717, 1.165) is 22.7 Å². The predicted octanol–water partition coefficient (Wildman–Crippen LogP) is 2.18. The van der Waals surface area contributed by atoms with Gasteiger partial charge in [0.15, 0.2) is 15.0 Å². The number of amides is 1. The van der Waals surface area contributed by atoms with Gasteiger partial charge in [0.25, 0.3) is 0 Å². The number of para-hydroxylation sites is 2. The van der Waals surface area contributed by atoms with Crippen LogP contribution in [0.5, 0.6) is 0 Å². The highest BCUT2D eigenvalue weighted by atomic mass is 32.2. The lowest BCUT2D eigenvalue weighted by atomic mass is 10.2. The van der Waals surface area contributed by atoms with Crippen LogP contribution in [0.2, 0.25) is 0 Å². The van der Waals surface area contributed by atoms with Gasteiger partial charge in [-0.1, -0.05) is 23.9 Å². The number of aromatic nitrogens is 2. The van der Waals surface area contributed by atoms with Gasteiger partial charge in [-0.25, -0.2) is 13.4 Å². The molecule has 2 heterocycles. The maximum atomic E-state index is 12.6. The minimum atomic E-state index is -3.00. The molecule has 1 aliphatic heterocycles. The SMILES string of the molecule is CCN(C(=O)CSc1nc2ccccc2n1CC)C1CCS(=O)(=O)C1. The zero-order valence-electron chi connectivity index (χ0n) is 14.5. The highest BCUT2D eigenvalue weighted by Gasteiger charge is 2.33. The number of carbonyl (C=O) groups is 1. The summed E-state index contributed by atoms with van der Waals surface area (Å²) in [4.78, 5) is 19.0. The first-order chi connectivity index (χ1) is 11.9. The van der Waals surface area contributed by atoms with E-state index >= 15 is 0 Å². The first-order valence-corrected chi connectivity index (χ1v) is 11.3. The third-order valence-corrected chi connectivity index (χ3v) is 7.28. The summed E-state index contributed by atoms with van der Waals surface area (Å²) in [6, 6.07) is 7.74. The minimum Gasteiger partial charge on any atom is -0.338 e. The van der Waals surface area contributed by atoms with Gasteiger partial charge in [0.2, 0.25) is 5.91 Å². The Morgan fingerprint density at radius 2 is 2.12 bits per heavy atom. The third kappa shape index (κ3) is 3.84. The summed E-state index contributed by atoms with van der Waals surface area (Å²) in [5.74, 6) is 0.517. The molecule has 0 bridgehead atoms. The lowest BCUT2D eigenvalue weighted by Gasteiger charge is -2.26. The Hall–Kier alpha value is -1.54. The van der Waals surface area contributed by atoms with Gasteiger partial charge in [-0.3, -0.25) is 4.79 Å². The minimum absolute atomic E-state index is 0.0238. The molecule has 136 valence electrons. The van der Waals surface area contributed by atoms with Gasteiger partial charge >= 0.3 is 0 Å². The standard InChI is InChI=1S/C17H23N3O3S2/c1-3-19(13-9-10-25(22,23)12-13)16(21)11-24-17-18-14-7-5-6-8-15(14)20(17)4-2/h5-8,13H,3-4,9-12H2,1-2H3. The molecule has 25 heavy (non-hydrogen) atoms. The first kappa shape index (κ1) is 18.3. The highest BCUT2D eigenvalue weighted by molar-refractivity contribution is 7.99. The van der Waals surface area contributed by atoms with Gasteiger partial charge in [-0.15, -0.1) is 0 Å². The average molecular weight is 382 g/mol. The number of benzene rings is 1. The van der Waals surface area contributed by atoms with Crippen molar-refractivity contribution in [3.05, 3.63) is 24.3 Å². The molecule has 0 N–H and O–H groups in total. The van der Waals surface area contributed by atoms with Crippen LogP contribution in [0.3, 0.4) is 0 Å². The lowest BCUT2D eigenvalue weighted by molar-refractivity contribution is -0.129. The van der Waals surface area contributed by atoms with Crippen molar-refractivity contribution in [2.24, 2.45) is 0 Å². The van der Waals surface area contributed by atoms with Crippen LogP contribution < -0.4 is 0 Å². The summed E-state index contributed by atoms with van der Waals surface area (Å²) < 4.78 is 25.5. The van der Waals surface area contributed by atoms with Crippen molar-refractivity contribution in [2.45, 2.75) is 38.0 Å². The van der Waals surface area contributed by atoms with Gasteiger partial charge in [-0.05, 0) is 32.4 Å². The van der Waals surface area contributed by atoms with E-state index < -0.39 is 9.84 Å². The molecular weight excluding hydrogens is 358 g/mol. The normalized spacial score (nSPS) is 19.4. The Kier molecular flexibility index (Phi) is 5.38. The molecule has 0 spiro atoms. The van der Waals surface area contributed by atoms with E-state index in [2.05, 4.69) is 16.5 Å². The van der Waals surface area contributed by atoms with Crippen molar-refractivity contribution in [3.8, 4) is 0 Å². The molecule has 1 aromatic carbocycles. The molecule has 2 aromatic rings. The molecule has 0 aliphatic carbocycles. The first-order valence-electron chi connectivity index (χ1n) is 8.53. The molecule has 3 rings (SSSR count). The Morgan fingerprint density at radius 1 is 1.36 bits per heavy atom. The number of carbonyl (C=O) groups excluding carboxylic acids is 1. The molecule has 1 fully saturated rings. The van der Waals surface area contributed by atoms with E-state index in [0.29, 0.717) is 13.0 Å². The quantitative estimate of drug-likeness (QED) is 0.717. The zero-order valence-corrected chi connectivity index (χ0v) is 16.1. The number of hydrogen-bond acceptors (Lipinski definition) is 5. The smallest absolute Gasteiger partial charge is 0.233 e. The average Bonchev–Trinajstić information content (AvgIpc) is 3.13. The maximum Gasteiger partial charge on any atom is 0.233 e. The molecule has 0 radical (unpaired) electrons. The van der Waals surface area contributed by atoms with Crippen molar-refractivity contribution in [1.82, 2.24) is 14.5 Å². The molecule has 1 saturated heterocycles. The Bertz CT molecular complexity index is 876. The lowest BCUT2D eigenvalue weighted by Crippen LogP contribution is -2.42. The second kappa shape index (κ2) is 7.37. The molecule has 1 aromatic heterocycles. The zero-order chi connectivity index (χ0) is 18.0. The molecule has 1 atom stereocenters. The highest BCUT2D eigenvalue weighted by Crippen LogP contribution is 2.25. The summed E-state index contributed by atoms with van der Waals surface area (Å²) in [5, 5.41) is 0.826. The van der Waals surface area contributed by atoms with Gasteiger partial charge in [0, 0.05) is 19.1 Å². The van der Waals surface area contributed by atoms with E-state index in [9.17, 15) is 13.2 Å². The van der Waals surface area contributed by atoms with Crippen molar-refractivity contribution in [1.29, 1.82) is 0 Å². The number of aryl methyl sites for hydroxylation is 1. The Labute approximate surface area is 152 Å². The van der Waals surface area contributed by atoms with Crippen LogP contribution in [0, 0.1) is 0 Å². The van der Waals surface area contributed by atoms with Crippen LogP contribution in [-0.2, 0) is 21.2 Å². The molecular formula is C17H23N3O3S2. The molecule has 0 saturated carbocycles. The summed E-state index contributed by atoms with van der Waals surface area (Å²) >= 11 is 1.42. The van der Waals surface area contributed by atoms with Crippen LogP contribution in [0.25, 0.3) is 11.0 Å². The number of fused-ring (bicyclic) bond motifs is 1. The van der Waals surface area contributed by atoms with E-state index in [1.165, 1.54) is 11.8 Å². The van der Waals surface area contributed by atoms with E-state index in [4.69, 9.17) is 0 Å². The number of sulfone groups is 1. The molecule has 1 aliphatic rings. The fourth-order valence-corrected chi connectivity index (χ4v) is 6.03. The number of nitrogens with zero attached hydrogens (tertiary/aromatic N) is 3. The summed E-state index contributed by atoms with van der Waals surface area (Å²) in [6.07, 6.45) is 0.542.